The lowest BCUT2D eigenvalue weighted by Crippen LogP contribution is -2.67. The molecule has 0 saturated carbocycles. The highest BCUT2D eigenvalue weighted by atomic mass is 31.2. The van der Waals surface area contributed by atoms with Crippen LogP contribution in [-0.2, 0) is 4.57 Å². The Morgan fingerprint density at radius 3 is 1.68 bits per heavy atom. The van der Waals surface area contributed by atoms with Gasteiger partial charge in [0, 0.05) is 15.9 Å². The van der Waals surface area contributed by atoms with Crippen LogP contribution in [0.4, 0.5) is 0 Å². The van der Waals surface area contributed by atoms with E-state index in [1.165, 1.54) is 64.9 Å². The predicted molar refractivity (Wildman–Crippen MR) is 206 cm³/mol. The molecule has 8 aromatic carbocycles. The van der Waals surface area contributed by atoms with Crippen LogP contribution in [-0.4, -0.2) is 8.07 Å². The van der Waals surface area contributed by atoms with Crippen LogP contribution >= 0.6 is 7.14 Å². The summed E-state index contributed by atoms with van der Waals surface area (Å²) >= 11 is 0. The first-order chi connectivity index (χ1) is 23.0. The highest BCUT2D eigenvalue weighted by molar-refractivity contribution is 7.86. The SMILES string of the molecule is C[Si]1(C)c2ccccc2P(=O)(c2ccccc2)c2ccc(-c3c4ccccc4c(-c4cccc5ccccc45)c4ccccc34)cc21. The summed E-state index contributed by atoms with van der Waals surface area (Å²) in [6.45, 7) is 4.84. The van der Waals surface area contributed by atoms with Crippen molar-refractivity contribution in [2.75, 3.05) is 0 Å². The maximum absolute atomic E-state index is 15.6. The van der Waals surface area contributed by atoms with E-state index in [2.05, 4.69) is 140 Å². The van der Waals surface area contributed by atoms with Crippen LogP contribution in [0, 0.1) is 0 Å². The normalized spacial score (nSPS) is 16.6. The molecular weight excluding hydrogens is 604 g/mol. The van der Waals surface area contributed by atoms with Crippen molar-refractivity contribution in [3.8, 4) is 22.3 Å². The molecule has 1 unspecified atom stereocenters. The quantitative estimate of drug-likeness (QED) is 0.107. The maximum atomic E-state index is 15.6. The van der Waals surface area contributed by atoms with Crippen molar-refractivity contribution in [3.05, 3.63) is 164 Å². The smallest absolute Gasteiger partial charge is 0.170 e. The van der Waals surface area contributed by atoms with E-state index in [1.807, 2.05) is 36.4 Å². The van der Waals surface area contributed by atoms with Crippen molar-refractivity contribution in [1.82, 2.24) is 0 Å². The van der Waals surface area contributed by atoms with E-state index in [4.69, 9.17) is 0 Å². The summed E-state index contributed by atoms with van der Waals surface area (Å²) in [5.41, 5.74) is 4.94. The van der Waals surface area contributed by atoms with Gasteiger partial charge in [0.1, 0.15) is 8.07 Å². The molecular formula is C44H33OPSi. The Labute approximate surface area is 276 Å². The number of benzene rings is 8. The fraction of sp³-hybridized carbons (Fsp3) is 0.0455. The molecule has 0 aliphatic carbocycles. The fourth-order valence-corrected chi connectivity index (χ4v) is 16.3. The zero-order valence-electron chi connectivity index (χ0n) is 26.4. The van der Waals surface area contributed by atoms with Gasteiger partial charge in [0.25, 0.3) is 0 Å². The lowest BCUT2D eigenvalue weighted by atomic mass is 9.85. The van der Waals surface area contributed by atoms with Gasteiger partial charge < -0.3 is 4.57 Å². The molecule has 1 aliphatic rings. The van der Waals surface area contributed by atoms with Gasteiger partial charge in [-0.1, -0.05) is 177 Å². The molecule has 0 fully saturated rings. The summed E-state index contributed by atoms with van der Waals surface area (Å²) in [6.07, 6.45) is 0. The van der Waals surface area contributed by atoms with Crippen LogP contribution in [0.15, 0.2) is 164 Å². The number of rotatable bonds is 3. The Morgan fingerprint density at radius 2 is 0.979 bits per heavy atom. The minimum Gasteiger partial charge on any atom is -0.309 e. The van der Waals surface area contributed by atoms with E-state index in [-0.39, 0.29) is 0 Å². The predicted octanol–water partition coefficient (Wildman–Crippen LogP) is 9.26. The average Bonchev–Trinajstić information content (AvgIpc) is 3.13. The Kier molecular flexibility index (Phi) is 6.31. The molecule has 0 spiro atoms. The van der Waals surface area contributed by atoms with Crippen LogP contribution in [0.1, 0.15) is 0 Å². The van der Waals surface area contributed by atoms with E-state index in [0.717, 1.165) is 15.9 Å². The molecule has 1 aliphatic heterocycles. The van der Waals surface area contributed by atoms with Gasteiger partial charge in [-0.3, -0.25) is 0 Å². The minimum absolute atomic E-state index is 0.904. The molecule has 1 nitrogen and oxygen atoms in total. The van der Waals surface area contributed by atoms with Gasteiger partial charge in [0.05, 0.1) is 0 Å². The zero-order valence-corrected chi connectivity index (χ0v) is 28.3. The monoisotopic (exact) mass is 636 g/mol. The van der Waals surface area contributed by atoms with Gasteiger partial charge in [-0.2, -0.15) is 0 Å². The van der Waals surface area contributed by atoms with Crippen LogP contribution in [0.5, 0.6) is 0 Å². The Balaban J connectivity index is 1.37. The van der Waals surface area contributed by atoms with Crippen LogP contribution in [0.2, 0.25) is 13.1 Å². The highest BCUT2D eigenvalue weighted by Gasteiger charge is 2.45. The number of hydrogen-bond donors (Lipinski definition) is 0. The van der Waals surface area contributed by atoms with Crippen molar-refractivity contribution in [2.24, 2.45) is 0 Å². The molecule has 0 saturated heterocycles. The van der Waals surface area contributed by atoms with E-state index in [0.29, 0.717) is 0 Å². The van der Waals surface area contributed by atoms with Crippen molar-refractivity contribution in [1.29, 1.82) is 0 Å². The zero-order chi connectivity index (χ0) is 31.8. The lowest BCUT2D eigenvalue weighted by molar-refractivity contribution is 0.592. The molecule has 1 atom stereocenters. The van der Waals surface area contributed by atoms with Crippen LogP contribution < -0.4 is 26.3 Å². The molecule has 224 valence electrons. The molecule has 0 aromatic heterocycles. The summed E-state index contributed by atoms with van der Waals surface area (Å²) < 4.78 is 15.6. The Bertz CT molecular complexity index is 2520. The van der Waals surface area contributed by atoms with E-state index >= 15 is 4.57 Å². The first-order valence-electron chi connectivity index (χ1n) is 16.3. The summed E-state index contributed by atoms with van der Waals surface area (Å²) in [6, 6.07) is 58.5. The molecule has 1 heterocycles. The van der Waals surface area contributed by atoms with E-state index in [9.17, 15) is 0 Å². The van der Waals surface area contributed by atoms with Crippen LogP contribution in [0.3, 0.4) is 0 Å². The topological polar surface area (TPSA) is 17.1 Å². The van der Waals surface area contributed by atoms with Gasteiger partial charge in [0.2, 0.25) is 0 Å². The molecule has 47 heavy (non-hydrogen) atoms. The van der Waals surface area contributed by atoms with Gasteiger partial charge in [-0.25, -0.2) is 0 Å². The molecule has 8 aromatic rings. The van der Waals surface area contributed by atoms with Crippen molar-refractivity contribution < 1.29 is 4.57 Å². The van der Waals surface area contributed by atoms with Crippen molar-refractivity contribution in [2.45, 2.75) is 13.1 Å². The van der Waals surface area contributed by atoms with Crippen LogP contribution in [0.25, 0.3) is 54.6 Å². The number of fused-ring (bicyclic) bond motifs is 5. The van der Waals surface area contributed by atoms with E-state index in [1.54, 1.807) is 0 Å². The summed E-state index contributed by atoms with van der Waals surface area (Å²) in [5.74, 6) is 0. The fourth-order valence-electron chi connectivity index (χ4n) is 8.11. The average molecular weight is 637 g/mol. The van der Waals surface area contributed by atoms with Crippen molar-refractivity contribution >= 4 is 73.8 Å². The second-order valence-electron chi connectivity index (χ2n) is 13.2. The third-order valence-corrected chi connectivity index (χ3v) is 17.5. The lowest BCUT2D eigenvalue weighted by Gasteiger charge is -2.38. The van der Waals surface area contributed by atoms with Gasteiger partial charge in [-0.05, 0) is 64.9 Å². The Morgan fingerprint density at radius 1 is 0.447 bits per heavy atom. The Hall–Kier alpha value is -5.01. The van der Waals surface area contributed by atoms with E-state index < -0.39 is 15.2 Å². The number of hydrogen-bond acceptors (Lipinski definition) is 1. The summed E-state index contributed by atoms with van der Waals surface area (Å²) in [4.78, 5) is 0. The first-order valence-corrected chi connectivity index (χ1v) is 21.0. The summed E-state index contributed by atoms with van der Waals surface area (Å²) in [5, 5.41) is 12.9. The maximum Gasteiger partial charge on any atom is 0.170 e. The largest absolute Gasteiger partial charge is 0.309 e. The third-order valence-electron chi connectivity index (χ3n) is 10.3. The molecule has 9 rings (SSSR count). The minimum atomic E-state index is -3.07. The standard InChI is InChI=1S/C44H33OPSi/c1-47(2)41-26-13-12-25-39(41)46(45,32-17-4-3-5-18-32)40-28-27-31(29-42(40)47)43-35-20-8-10-22-37(35)44(38-23-11-9-21-36(38)43)34-24-14-16-30-15-6-7-19-33(30)34/h3-29H,1-2H3. The molecule has 0 amide bonds. The summed E-state index contributed by atoms with van der Waals surface area (Å²) in [7, 11) is -5.29. The third kappa shape index (κ3) is 4.05. The molecule has 0 radical (unpaired) electrons. The molecule has 0 N–H and O–H groups in total. The first kappa shape index (κ1) is 28.2. The second kappa shape index (κ2) is 10.5. The molecule has 3 heteroatoms. The van der Waals surface area contributed by atoms with Crippen molar-refractivity contribution in [3.63, 3.8) is 0 Å². The van der Waals surface area contributed by atoms with Gasteiger partial charge in [0.15, 0.2) is 7.14 Å². The van der Waals surface area contributed by atoms with Gasteiger partial charge >= 0.3 is 0 Å². The highest BCUT2D eigenvalue weighted by Crippen LogP contribution is 2.47. The van der Waals surface area contributed by atoms with Gasteiger partial charge in [-0.15, -0.1) is 0 Å². The second-order valence-corrected chi connectivity index (χ2v) is 20.2. The molecule has 0 bridgehead atoms.